The van der Waals surface area contributed by atoms with Crippen molar-refractivity contribution in [1.29, 1.82) is 0 Å². The van der Waals surface area contributed by atoms with Crippen LogP contribution >= 0.6 is 11.6 Å². The minimum absolute atomic E-state index is 0.0201. The Kier molecular flexibility index (Phi) is 10.1. The molecule has 2 rings (SSSR count). The molecule has 1 amide bonds. The van der Waals surface area contributed by atoms with E-state index >= 15 is 0 Å². The van der Waals surface area contributed by atoms with Crippen LogP contribution in [0.5, 0.6) is 11.5 Å². The van der Waals surface area contributed by atoms with E-state index in [1.165, 1.54) is 26.3 Å². The predicted molar refractivity (Wildman–Crippen MR) is 136 cm³/mol. The van der Waals surface area contributed by atoms with Gasteiger partial charge in [-0.2, -0.15) is 0 Å². The lowest BCUT2D eigenvalue weighted by Gasteiger charge is -2.17. The topological polar surface area (TPSA) is 146 Å². The minimum Gasteiger partial charge on any atom is -0.497 e. The lowest BCUT2D eigenvalue weighted by Crippen LogP contribution is -2.30. The Bertz CT molecular complexity index is 1230. The van der Waals surface area contributed by atoms with Gasteiger partial charge in [0.2, 0.25) is 0 Å². The van der Waals surface area contributed by atoms with Crippen LogP contribution in [0.3, 0.4) is 0 Å². The molecule has 0 saturated heterocycles. The fourth-order valence-electron chi connectivity index (χ4n) is 3.00. The molecule has 35 heavy (non-hydrogen) atoms. The van der Waals surface area contributed by atoms with Crippen LogP contribution in [0.15, 0.2) is 52.6 Å². The number of hydrogen-bond acceptors (Lipinski definition) is 8. The molecular weight excluding hydrogens is 499 g/mol. The molecule has 190 valence electrons. The number of nitrogens with two attached hydrogens (primary N) is 2. The lowest BCUT2D eigenvalue weighted by molar-refractivity contribution is 0.102. The van der Waals surface area contributed by atoms with E-state index in [2.05, 4.69) is 10.3 Å². The van der Waals surface area contributed by atoms with Crippen LogP contribution in [-0.2, 0) is 9.84 Å². The fourth-order valence-corrected chi connectivity index (χ4v) is 3.92. The van der Waals surface area contributed by atoms with Gasteiger partial charge in [0.25, 0.3) is 5.91 Å². The third kappa shape index (κ3) is 8.23. The van der Waals surface area contributed by atoms with Crippen LogP contribution in [0.2, 0.25) is 0 Å². The first-order valence-electron chi connectivity index (χ1n) is 10.4. The molecule has 5 N–H and O–H groups in total. The van der Waals surface area contributed by atoms with E-state index in [9.17, 15) is 17.6 Å². The first-order chi connectivity index (χ1) is 16.5. The maximum absolute atomic E-state index is 14.3. The summed E-state index contributed by atoms with van der Waals surface area (Å²) in [6.45, 7) is 0.0201. The number of aliphatic imine (C=N–C) groups is 1. The van der Waals surface area contributed by atoms with Crippen molar-refractivity contribution in [3.05, 3.63) is 64.6 Å². The van der Waals surface area contributed by atoms with Gasteiger partial charge in [0.1, 0.15) is 33.8 Å². The van der Waals surface area contributed by atoms with Crippen molar-refractivity contribution in [2.24, 2.45) is 16.5 Å². The van der Waals surface area contributed by atoms with Crippen molar-refractivity contribution in [2.75, 3.05) is 38.1 Å². The Balaban J connectivity index is 2.32. The summed E-state index contributed by atoms with van der Waals surface area (Å²) in [5, 5.41) is 2.75. The van der Waals surface area contributed by atoms with Gasteiger partial charge < -0.3 is 26.3 Å². The first-order valence-corrected chi connectivity index (χ1v) is 12.8. The van der Waals surface area contributed by atoms with Gasteiger partial charge in [0.15, 0.2) is 0 Å². The number of carbonyl (C=O) groups is 1. The summed E-state index contributed by atoms with van der Waals surface area (Å²) in [5.41, 5.74) is 12.4. The van der Waals surface area contributed by atoms with Gasteiger partial charge in [-0.05, 0) is 36.8 Å². The number of carbonyl (C=O) groups excluding carboxylic acids is 1. The normalized spacial score (nSPS) is 13.3. The minimum atomic E-state index is -3.16. The van der Waals surface area contributed by atoms with Gasteiger partial charge in [-0.3, -0.25) is 9.79 Å². The fraction of sp³-hybridized carbons (Fsp3) is 0.304. The molecule has 12 heteroatoms. The van der Waals surface area contributed by atoms with E-state index < -0.39 is 27.6 Å². The standard InChI is InChI=1S/C23H28ClFN4O5S/c1-28-22(19(24)12-26)18-10-15(29-23(30)17-6-5-16(33-2)11-20(17)25)4-7-21(18)34-13-14(27)8-9-35(3,31)32/h4-7,10-12,14H,8-9,13,26-27H2,1-3H3,(H,29,30)/t14-/m0/s1. The number of nitrogens with one attached hydrogen (secondary N) is 1. The molecule has 0 aliphatic carbocycles. The molecular formula is C23H28ClFN4O5S. The van der Waals surface area contributed by atoms with E-state index in [4.69, 9.17) is 32.5 Å². The van der Waals surface area contributed by atoms with Crippen LogP contribution in [0.4, 0.5) is 10.1 Å². The molecule has 9 nitrogen and oxygen atoms in total. The Hall–Kier alpha value is -3.15. The van der Waals surface area contributed by atoms with E-state index in [1.807, 2.05) is 0 Å². The average molecular weight is 527 g/mol. The highest BCUT2D eigenvalue weighted by molar-refractivity contribution is 7.90. The number of rotatable bonds is 11. The number of sulfone groups is 1. The molecule has 1 atom stereocenters. The summed E-state index contributed by atoms with van der Waals surface area (Å²) < 4.78 is 47.8. The lowest BCUT2D eigenvalue weighted by atomic mass is 10.1. The van der Waals surface area contributed by atoms with Crippen molar-refractivity contribution in [2.45, 2.75) is 12.5 Å². The molecule has 0 aliphatic rings. The Morgan fingerprint density at radius 1 is 1.26 bits per heavy atom. The average Bonchev–Trinajstić information content (AvgIpc) is 2.81. The smallest absolute Gasteiger partial charge is 0.258 e. The highest BCUT2D eigenvalue weighted by Crippen LogP contribution is 2.28. The zero-order chi connectivity index (χ0) is 26.2. The molecule has 2 aromatic carbocycles. The second-order valence-electron chi connectivity index (χ2n) is 7.59. The van der Waals surface area contributed by atoms with Gasteiger partial charge in [-0.25, -0.2) is 12.8 Å². The molecule has 0 aromatic heterocycles. The van der Waals surface area contributed by atoms with Gasteiger partial charge in [-0.15, -0.1) is 0 Å². The summed E-state index contributed by atoms with van der Waals surface area (Å²) in [4.78, 5) is 16.8. The monoisotopic (exact) mass is 526 g/mol. The molecule has 2 aromatic rings. The number of halogens is 2. The summed E-state index contributed by atoms with van der Waals surface area (Å²) in [6.07, 6.45) is 2.51. The molecule has 0 bridgehead atoms. The number of amides is 1. The number of hydrogen-bond donors (Lipinski definition) is 3. The zero-order valence-corrected chi connectivity index (χ0v) is 21.1. The van der Waals surface area contributed by atoms with E-state index in [-0.39, 0.29) is 40.8 Å². The number of allylic oxidation sites excluding steroid dienone is 1. The molecule has 0 saturated carbocycles. The predicted octanol–water partition coefficient (Wildman–Crippen LogP) is 2.69. The third-order valence-corrected chi connectivity index (χ3v) is 6.10. The second-order valence-corrected chi connectivity index (χ2v) is 10.3. The van der Waals surface area contributed by atoms with Crippen molar-refractivity contribution in [3.63, 3.8) is 0 Å². The molecule has 0 radical (unpaired) electrons. The largest absolute Gasteiger partial charge is 0.497 e. The first kappa shape index (κ1) is 28.1. The summed E-state index contributed by atoms with van der Waals surface area (Å²) >= 11 is 6.21. The van der Waals surface area contributed by atoms with Gasteiger partial charge in [-0.1, -0.05) is 11.6 Å². The second kappa shape index (κ2) is 12.5. The Morgan fingerprint density at radius 2 is 1.97 bits per heavy atom. The zero-order valence-electron chi connectivity index (χ0n) is 19.5. The van der Waals surface area contributed by atoms with Gasteiger partial charge in [0, 0.05) is 42.9 Å². The summed E-state index contributed by atoms with van der Waals surface area (Å²) in [7, 11) is -0.261. The van der Waals surface area contributed by atoms with Gasteiger partial charge >= 0.3 is 0 Å². The van der Waals surface area contributed by atoms with Crippen LogP contribution in [-0.4, -0.2) is 58.9 Å². The third-order valence-electron chi connectivity index (χ3n) is 4.82. The summed E-state index contributed by atoms with van der Waals surface area (Å²) in [5.74, 6) is -0.877. The number of nitrogens with zero attached hydrogens (tertiary/aromatic N) is 1. The quantitative estimate of drug-likeness (QED) is 0.381. The Morgan fingerprint density at radius 3 is 2.54 bits per heavy atom. The number of ether oxygens (including phenoxy) is 2. The Labute approximate surface area is 208 Å². The number of methoxy groups -OCH3 is 1. The van der Waals surface area contributed by atoms with Crippen LogP contribution < -0.4 is 26.3 Å². The van der Waals surface area contributed by atoms with Crippen molar-refractivity contribution in [3.8, 4) is 11.5 Å². The van der Waals surface area contributed by atoms with E-state index in [1.54, 1.807) is 18.2 Å². The van der Waals surface area contributed by atoms with Gasteiger partial charge in [0.05, 0.1) is 29.2 Å². The van der Waals surface area contributed by atoms with Crippen molar-refractivity contribution < 1.29 is 27.1 Å². The summed E-state index contributed by atoms with van der Waals surface area (Å²) in [6, 6.07) is 8.01. The van der Waals surface area contributed by atoms with Crippen molar-refractivity contribution in [1.82, 2.24) is 0 Å². The van der Waals surface area contributed by atoms with Crippen molar-refractivity contribution >= 4 is 38.7 Å². The number of anilines is 1. The molecule has 0 unspecified atom stereocenters. The van der Waals surface area contributed by atoms with Crippen LogP contribution in [0.1, 0.15) is 22.3 Å². The maximum Gasteiger partial charge on any atom is 0.258 e. The van der Waals surface area contributed by atoms with E-state index in [0.29, 0.717) is 17.0 Å². The highest BCUT2D eigenvalue weighted by atomic mass is 35.5. The van der Waals surface area contributed by atoms with E-state index in [0.717, 1.165) is 18.5 Å². The number of benzene rings is 2. The molecule has 0 aliphatic heterocycles. The molecule has 0 heterocycles. The van der Waals surface area contributed by atoms with Crippen LogP contribution in [0, 0.1) is 5.82 Å². The molecule has 0 spiro atoms. The highest BCUT2D eigenvalue weighted by Gasteiger charge is 2.18. The van der Waals surface area contributed by atoms with Crippen LogP contribution in [0.25, 0.3) is 0 Å². The maximum atomic E-state index is 14.3. The molecule has 0 fully saturated rings. The SMILES string of the molecule is CN=C(C(Cl)=CN)c1cc(NC(=O)c2ccc(OC)cc2F)ccc1OC[C@@H](N)CCS(C)(=O)=O.